The average Bonchev–Trinajstić information content (AvgIpc) is 3.06. The van der Waals surface area contributed by atoms with Gasteiger partial charge in [-0.1, -0.05) is 22.6 Å². The Bertz CT molecular complexity index is 338. The summed E-state index contributed by atoms with van der Waals surface area (Å²) < 4.78 is 29.3. The van der Waals surface area contributed by atoms with Crippen molar-refractivity contribution in [3.05, 3.63) is 0 Å². The first-order valence-electron chi connectivity index (χ1n) is 6.14. The van der Waals surface area contributed by atoms with Crippen molar-refractivity contribution >= 4 is 36.2 Å². The summed E-state index contributed by atoms with van der Waals surface area (Å²) >= 11 is 2.18. The summed E-state index contributed by atoms with van der Waals surface area (Å²) in [6.45, 7) is 6.00. The molecule has 0 aromatic heterocycles. The summed E-state index contributed by atoms with van der Waals surface area (Å²) in [7, 11) is -3.45. The number of ether oxygens (including phenoxy) is 1. The van der Waals surface area contributed by atoms with E-state index in [-0.39, 0.29) is 25.7 Å². The molecule has 1 fully saturated rings. The molecule has 0 aromatic rings. The first-order valence-corrected chi connectivity index (χ1v) is 9.21. The Morgan fingerprint density at radius 2 is 1.83 bits per heavy atom. The van der Waals surface area contributed by atoms with Crippen LogP contribution in [-0.2, 0) is 23.1 Å². The largest absolute Gasteiger partial charge is 0.465 e. The van der Waals surface area contributed by atoms with E-state index in [4.69, 9.17) is 13.8 Å². The number of rotatable bonds is 8. The van der Waals surface area contributed by atoms with Gasteiger partial charge in [-0.2, -0.15) is 0 Å². The van der Waals surface area contributed by atoms with Crippen molar-refractivity contribution < 1.29 is 23.1 Å². The van der Waals surface area contributed by atoms with Gasteiger partial charge in [0, 0.05) is 4.43 Å². The summed E-state index contributed by atoms with van der Waals surface area (Å²) in [5.41, 5.74) is 0. The van der Waals surface area contributed by atoms with Crippen LogP contribution in [-0.4, -0.2) is 35.4 Å². The molecule has 0 radical (unpaired) electrons. The molecule has 0 spiro atoms. The quantitative estimate of drug-likeness (QED) is 0.276. The molecule has 7 heteroatoms. The topological polar surface area (TPSA) is 61.8 Å². The Hall–Kier alpha value is 0.350. The van der Waals surface area contributed by atoms with Crippen LogP contribution in [0, 0.1) is 5.92 Å². The molecule has 0 aromatic carbocycles. The van der Waals surface area contributed by atoms with E-state index in [0.717, 1.165) is 4.43 Å². The molecule has 0 saturated heterocycles. The number of alkyl halides is 1. The molecule has 1 aliphatic carbocycles. The van der Waals surface area contributed by atoms with Crippen LogP contribution in [0.2, 0.25) is 0 Å². The van der Waals surface area contributed by atoms with Gasteiger partial charge >= 0.3 is 13.6 Å². The lowest BCUT2D eigenvalue weighted by atomic mass is 10.3. The second-order valence-corrected chi connectivity index (χ2v) is 7.22. The summed E-state index contributed by atoms with van der Waals surface area (Å²) in [6.07, 6.45) is 0.520. The van der Waals surface area contributed by atoms with Gasteiger partial charge < -0.3 is 13.8 Å². The van der Waals surface area contributed by atoms with Crippen molar-refractivity contribution in [3.8, 4) is 0 Å². The van der Waals surface area contributed by atoms with Crippen LogP contribution >= 0.6 is 30.2 Å². The highest BCUT2D eigenvalue weighted by molar-refractivity contribution is 14.1. The third kappa shape index (κ3) is 2.76. The summed E-state index contributed by atoms with van der Waals surface area (Å²) in [5, 5.41) is -1.07. The molecular weight excluding hydrogens is 370 g/mol. The number of halogens is 1. The summed E-state index contributed by atoms with van der Waals surface area (Å²) in [6, 6.07) is 0. The van der Waals surface area contributed by atoms with E-state index in [1.807, 2.05) is 0 Å². The number of esters is 1. The van der Waals surface area contributed by atoms with E-state index in [1.54, 1.807) is 20.8 Å². The molecule has 0 aliphatic heterocycles. The van der Waals surface area contributed by atoms with Crippen LogP contribution in [0.15, 0.2) is 0 Å². The van der Waals surface area contributed by atoms with Crippen LogP contribution in [0.4, 0.5) is 0 Å². The van der Waals surface area contributed by atoms with Gasteiger partial charge in [-0.3, -0.25) is 9.36 Å². The van der Waals surface area contributed by atoms with Crippen molar-refractivity contribution in [1.29, 1.82) is 0 Å². The lowest BCUT2D eigenvalue weighted by molar-refractivity contribution is -0.144. The van der Waals surface area contributed by atoms with Crippen LogP contribution in [0.5, 0.6) is 0 Å². The van der Waals surface area contributed by atoms with Crippen LogP contribution in [0.3, 0.4) is 0 Å². The van der Waals surface area contributed by atoms with Gasteiger partial charge in [0.15, 0.2) is 5.16 Å². The highest BCUT2D eigenvalue weighted by Gasteiger charge is 2.73. The van der Waals surface area contributed by atoms with E-state index in [2.05, 4.69) is 22.6 Å². The zero-order chi connectivity index (χ0) is 13.8. The van der Waals surface area contributed by atoms with E-state index in [0.29, 0.717) is 6.42 Å². The minimum absolute atomic E-state index is 0.0149. The SMILES string of the molecule is CCOC(=O)C1(P(=O)(OCC)OCC)CC1CI. The van der Waals surface area contributed by atoms with Crippen molar-refractivity contribution in [1.82, 2.24) is 0 Å². The Morgan fingerprint density at radius 1 is 1.28 bits per heavy atom. The third-order valence-corrected chi connectivity index (χ3v) is 6.94. The molecule has 0 bridgehead atoms. The van der Waals surface area contributed by atoms with E-state index in [9.17, 15) is 9.36 Å². The van der Waals surface area contributed by atoms with E-state index in [1.165, 1.54) is 0 Å². The Balaban J connectivity index is 3.03. The fraction of sp³-hybridized carbons (Fsp3) is 0.909. The molecule has 2 atom stereocenters. The monoisotopic (exact) mass is 390 g/mol. The zero-order valence-electron chi connectivity index (χ0n) is 11.0. The van der Waals surface area contributed by atoms with Gasteiger partial charge in [0.2, 0.25) is 0 Å². The predicted molar refractivity (Wildman–Crippen MR) is 77.2 cm³/mol. The second-order valence-electron chi connectivity index (χ2n) is 4.03. The third-order valence-electron chi connectivity index (χ3n) is 2.97. The fourth-order valence-corrected chi connectivity index (χ4v) is 5.96. The minimum Gasteiger partial charge on any atom is -0.465 e. The van der Waals surface area contributed by atoms with Gasteiger partial charge in [0.1, 0.15) is 0 Å². The smallest absolute Gasteiger partial charge is 0.348 e. The first-order chi connectivity index (χ1) is 8.52. The lowest BCUT2D eigenvalue weighted by Gasteiger charge is -2.25. The van der Waals surface area contributed by atoms with E-state index < -0.39 is 18.7 Å². The Morgan fingerprint density at radius 3 is 2.17 bits per heavy atom. The molecule has 5 nitrogen and oxygen atoms in total. The minimum atomic E-state index is -3.45. The van der Waals surface area contributed by atoms with Crippen molar-refractivity contribution in [2.45, 2.75) is 32.3 Å². The van der Waals surface area contributed by atoms with Crippen molar-refractivity contribution in [3.63, 3.8) is 0 Å². The fourth-order valence-electron chi connectivity index (χ4n) is 2.06. The van der Waals surface area contributed by atoms with Gasteiger partial charge in [-0.15, -0.1) is 0 Å². The van der Waals surface area contributed by atoms with Gasteiger partial charge in [-0.25, -0.2) is 0 Å². The number of carbonyl (C=O) groups is 1. The maximum atomic E-state index is 12.8. The molecule has 0 amide bonds. The molecule has 0 N–H and O–H groups in total. The zero-order valence-corrected chi connectivity index (χ0v) is 14.0. The van der Waals surface area contributed by atoms with Gasteiger partial charge in [-0.05, 0) is 33.1 Å². The maximum absolute atomic E-state index is 12.8. The molecule has 106 valence electrons. The van der Waals surface area contributed by atoms with E-state index >= 15 is 0 Å². The second kappa shape index (κ2) is 6.68. The molecule has 0 heterocycles. The summed E-state index contributed by atoms with van der Waals surface area (Å²) in [4.78, 5) is 12.1. The molecule has 1 rings (SSSR count). The normalized spacial score (nSPS) is 27.0. The maximum Gasteiger partial charge on any atom is 0.348 e. The Kier molecular flexibility index (Phi) is 6.09. The van der Waals surface area contributed by atoms with Crippen LogP contribution in [0.1, 0.15) is 27.2 Å². The van der Waals surface area contributed by atoms with Gasteiger partial charge in [0.25, 0.3) is 0 Å². The standard InChI is InChI=1S/C11H20IO5P/c1-4-15-10(13)11(7-9(11)8-12)18(14,16-5-2)17-6-3/h9H,4-8H2,1-3H3. The number of hydrogen-bond acceptors (Lipinski definition) is 5. The average molecular weight is 390 g/mol. The van der Waals surface area contributed by atoms with Crippen LogP contribution < -0.4 is 0 Å². The summed E-state index contributed by atoms with van der Waals surface area (Å²) in [5.74, 6) is -0.432. The molecule has 18 heavy (non-hydrogen) atoms. The number of hydrogen-bond donors (Lipinski definition) is 0. The van der Waals surface area contributed by atoms with Crippen molar-refractivity contribution in [2.24, 2.45) is 5.92 Å². The van der Waals surface area contributed by atoms with Crippen LogP contribution in [0.25, 0.3) is 0 Å². The predicted octanol–water partition coefficient (Wildman–Crippen LogP) is 3.01. The first kappa shape index (κ1) is 16.4. The Labute approximate surface area is 122 Å². The molecule has 1 aliphatic rings. The van der Waals surface area contributed by atoms with Gasteiger partial charge in [0.05, 0.1) is 19.8 Å². The molecule has 1 saturated carbocycles. The van der Waals surface area contributed by atoms with Crippen molar-refractivity contribution in [2.75, 3.05) is 24.2 Å². The molecule has 2 unspecified atom stereocenters. The molecular formula is C11H20IO5P. The highest BCUT2D eigenvalue weighted by Crippen LogP contribution is 2.74. The highest BCUT2D eigenvalue weighted by atomic mass is 127. The lowest BCUT2D eigenvalue weighted by Crippen LogP contribution is -2.30. The number of carbonyl (C=O) groups excluding carboxylic acids is 1.